The van der Waals surface area contributed by atoms with E-state index in [4.69, 9.17) is 0 Å². The minimum absolute atomic E-state index is 0.775. The summed E-state index contributed by atoms with van der Waals surface area (Å²) in [5.41, 5.74) is 1.13. The van der Waals surface area contributed by atoms with Gasteiger partial charge in [0.25, 0.3) is 0 Å². The maximum Gasteiger partial charge on any atom is 0.160 e. The van der Waals surface area contributed by atoms with Crippen LogP contribution in [0.15, 0.2) is 30.3 Å². The first-order chi connectivity index (χ1) is 6.88. The van der Waals surface area contributed by atoms with Crippen LogP contribution in [0, 0.1) is 0 Å². The monoisotopic (exact) mass is 201 g/mol. The second kappa shape index (κ2) is 2.69. The van der Waals surface area contributed by atoms with Crippen LogP contribution in [0.4, 0.5) is 0 Å². The van der Waals surface area contributed by atoms with Crippen molar-refractivity contribution in [2.45, 2.75) is 0 Å². The van der Waals surface area contributed by atoms with E-state index in [1.165, 1.54) is 16.7 Å². The van der Waals surface area contributed by atoms with Crippen molar-refractivity contribution in [2.75, 3.05) is 0 Å². The Morgan fingerprint density at radius 1 is 1.21 bits per heavy atom. The molecule has 0 fully saturated rings. The van der Waals surface area contributed by atoms with Crippen LogP contribution in [0.2, 0.25) is 0 Å². The second-order valence-electron chi connectivity index (χ2n) is 3.18. The molecule has 3 rings (SSSR count). The average molecular weight is 201 g/mol. The van der Waals surface area contributed by atoms with Gasteiger partial charge in [-0.1, -0.05) is 18.2 Å². The SMILES string of the molecule is O=Cc1cc2c([nH]c3ccccc32)s1. The van der Waals surface area contributed by atoms with Crippen molar-refractivity contribution in [3.05, 3.63) is 35.2 Å². The van der Waals surface area contributed by atoms with Gasteiger partial charge >= 0.3 is 0 Å². The van der Waals surface area contributed by atoms with Gasteiger partial charge in [-0.05, 0) is 12.1 Å². The molecule has 14 heavy (non-hydrogen) atoms. The van der Waals surface area contributed by atoms with Crippen LogP contribution in [0.25, 0.3) is 21.1 Å². The van der Waals surface area contributed by atoms with Crippen LogP contribution in [-0.4, -0.2) is 11.3 Å². The third-order valence-corrected chi connectivity index (χ3v) is 3.31. The van der Waals surface area contributed by atoms with E-state index in [1.807, 2.05) is 24.3 Å². The molecule has 0 saturated carbocycles. The largest absolute Gasteiger partial charge is 0.346 e. The number of hydrogen-bond acceptors (Lipinski definition) is 2. The van der Waals surface area contributed by atoms with Crippen LogP contribution in [0.5, 0.6) is 0 Å². The molecule has 0 bridgehead atoms. The van der Waals surface area contributed by atoms with Gasteiger partial charge in [0.15, 0.2) is 6.29 Å². The molecule has 0 radical (unpaired) electrons. The van der Waals surface area contributed by atoms with Crippen molar-refractivity contribution in [2.24, 2.45) is 0 Å². The molecule has 0 spiro atoms. The molecule has 0 unspecified atom stereocenters. The summed E-state index contributed by atoms with van der Waals surface area (Å²) in [7, 11) is 0. The van der Waals surface area contributed by atoms with Gasteiger partial charge in [-0.3, -0.25) is 4.79 Å². The van der Waals surface area contributed by atoms with E-state index in [-0.39, 0.29) is 0 Å². The third kappa shape index (κ3) is 0.930. The lowest BCUT2D eigenvalue weighted by Gasteiger charge is -1.86. The number of rotatable bonds is 1. The van der Waals surface area contributed by atoms with E-state index < -0.39 is 0 Å². The number of nitrogens with one attached hydrogen (secondary N) is 1. The molecule has 1 N–H and O–H groups in total. The number of hydrogen-bond donors (Lipinski definition) is 1. The Hall–Kier alpha value is -1.61. The van der Waals surface area contributed by atoms with Crippen LogP contribution in [0.3, 0.4) is 0 Å². The molecule has 2 nitrogen and oxygen atoms in total. The fourth-order valence-electron chi connectivity index (χ4n) is 1.71. The van der Waals surface area contributed by atoms with Gasteiger partial charge in [0.05, 0.1) is 4.88 Å². The number of H-pyrrole nitrogens is 1. The zero-order valence-corrected chi connectivity index (χ0v) is 8.10. The van der Waals surface area contributed by atoms with Gasteiger partial charge in [-0.25, -0.2) is 0 Å². The Labute approximate surface area is 84.2 Å². The number of aromatic amines is 1. The van der Waals surface area contributed by atoms with E-state index in [0.717, 1.165) is 26.9 Å². The second-order valence-corrected chi connectivity index (χ2v) is 4.26. The van der Waals surface area contributed by atoms with Crippen LogP contribution in [-0.2, 0) is 0 Å². The molecule has 0 aliphatic carbocycles. The molecule has 0 saturated heterocycles. The number of aromatic nitrogens is 1. The molecule has 0 aliphatic heterocycles. The molecule has 2 aromatic heterocycles. The number of fused-ring (bicyclic) bond motifs is 3. The quantitative estimate of drug-likeness (QED) is 0.602. The lowest BCUT2D eigenvalue weighted by atomic mass is 10.2. The zero-order chi connectivity index (χ0) is 9.54. The van der Waals surface area contributed by atoms with Crippen LogP contribution < -0.4 is 0 Å². The maximum absolute atomic E-state index is 10.6. The van der Waals surface area contributed by atoms with Gasteiger partial charge in [0.1, 0.15) is 4.83 Å². The minimum Gasteiger partial charge on any atom is -0.346 e. The Balaban J connectivity index is 2.50. The normalized spacial score (nSPS) is 11.1. The predicted molar refractivity (Wildman–Crippen MR) is 59.1 cm³/mol. The van der Waals surface area contributed by atoms with E-state index in [1.54, 1.807) is 0 Å². The number of carbonyl (C=O) groups is 1. The summed E-state index contributed by atoms with van der Waals surface area (Å²) >= 11 is 1.50. The molecular weight excluding hydrogens is 194 g/mol. The Morgan fingerprint density at radius 2 is 2.07 bits per heavy atom. The van der Waals surface area contributed by atoms with E-state index >= 15 is 0 Å². The number of carbonyl (C=O) groups excluding carboxylic acids is 1. The first-order valence-corrected chi connectivity index (χ1v) is 5.15. The average Bonchev–Trinajstić information content (AvgIpc) is 2.73. The predicted octanol–water partition coefficient (Wildman–Crippen LogP) is 3.20. The van der Waals surface area contributed by atoms with Crippen molar-refractivity contribution >= 4 is 38.7 Å². The third-order valence-electron chi connectivity index (χ3n) is 2.33. The highest BCUT2D eigenvalue weighted by Crippen LogP contribution is 2.30. The summed E-state index contributed by atoms with van der Waals surface area (Å²) in [6.45, 7) is 0. The lowest BCUT2D eigenvalue weighted by molar-refractivity contribution is 0.112. The first-order valence-electron chi connectivity index (χ1n) is 4.34. The van der Waals surface area contributed by atoms with Crippen molar-refractivity contribution in [3.8, 4) is 0 Å². The highest BCUT2D eigenvalue weighted by molar-refractivity contribution is 7.20. The Bertz CT molecular complexity index is 620. The van der Waals surface area contributed by atoms with Crippen molar-refractivity contribution in [1.29, 1.82) is 0 Å². The first kappa shape index (κ1) is 7.76. The van der Waals surface area contributed by atoms with Crippen molar-refractivity contribution in [1.82, 2.24) is 4.98 Å². The summed E-state index contributed by atoms with van der Waals surface area (Å²) in [5.74, 6) is 0. The van der Waals surface area contributed by atoms with E-state index in [9.17, 15) is 4.79 Å². The van der Waals surface area contributed by atoms with E-state index in [0.29, 0.717) is 0 Å². The van der Waals surface area contributed by atoms with E-state index in [2.05, 4.69) is 11.1 Å². The van der Waals surface area contributed by atoms with Gasteiger partial charge in [-0.15, -0.1) is 11.3 Å². The summed E-state index contributed by atoms with van der Waals surface area (Å²) in [4.78, 5) is 15.8. The molecule has 0 aliphatic rings. The van der Waals surface area contributed by atoms with Gasteiger partial charge in [0, 0.05) is 16.3 Å². The fourth-order valence-corrected chi connectivity index (χ4v) is 2.61. The summed E-state index contributed by atoms with van der Waals surface area (Å²) in [5, 5.41) is 2.33. The standard InChI is InChI=1S/C11H7NOS/c13-6-7-5-9-8-3-1-2-4-10(8)12-11(9)14-7/h1-6,12H. The number of para-hydroxylation sites is 1. The summed E-state index contributed by atoms with van der Waals surface area (Å²) < 4.78 is 0. The van der Waals surface area contributed by atoms with Crippen LogP contribution in [0.1, 0.15) is 9.67 Å². The lowest BCUT2D eigenvalue weighted by Crippen LogP contribution is -1.67. The highest BCUT2D eigenvalue weighted by atomic mass is 32.1. The smallest absolute Gasteiger partial charge is 0.160 e. The minimum atomic E-state index is 0.775. The summed E-state index contributed by atoms with van der Waals surface area (Å²) in [6.07, 6.45) is 0.896. The Kier molecular flexibility index (Phi) is 1.49. The molecule has 3 aromatic rings. The zero-order valence-electron chi connectivity index (χ0n) is 7.28. The number of thiophene rings is 1. The van der Waals surface area contributed by atoms with Gasteiger partial charge in [-0.2, -0.15) is 0 Å². The molecule has 3 heteroatoms. The fraction of sp³-hybridized carbons (Fsp3) is 0. The maximum atomic E-state index is 10.6. The Morgan fingerprint density at radius 3 is 2.93 bits per heavy atom. The molecule has 0 amide bonds. The van der Waals surface area contributed by atoms with Crippen molar-refractivity contribution in [3.63, 3.8) is 0 Å². The van der Waals surface area contributed by atoms with Gasteiger partial charge < -0.3 is 4.98 Å². The highest BCUT2D eigenvalue weighted by Gasteiger charge is 2.06. The van der Waals surface area contributed by atoms with Gasteiger partial charge in [0.2, 0.25) is 0 Å². The van der Waals surface area contributed by atoms with Crippen LogP contribution >= 0.6 is 11.3 Å². The number of benzene rings is 1. The topological polar surface area (TPSA) is 32.9 Å². The molecule has 1 aromatic carbocycles. The number of aldehydes is 1. The van der Waals surface area contributed by atoms with Crippen molar-refractivity contribution < 1.29 is 4.79 Å². The molecule has 68 valence electrons. The molecule has 2 heterocycles. The molecule has 0 atom stereocenters. The summed E-state index contributed by atoms with van der Waals surface area (Å²) in [6, 6.07) is 10.1. The molecular formula is C11H7NOS.